The Morgan fingerprint density at radius 3 is 2.82 bits per heavy atom. The first-order valence-electron chi connectivity index (χ1n) is 4.85. The van der Waals surface area contributed by atoms with Gasteiger partial charge < -0.3 is 5.32 Å². The molecular weight excluding hydrogens is 320 g/mol. The van der Waals surface area contributed by atoms with E-state index in [0.29, 0.717) is 5.02 Å². The minimum Gasteiger partial charge on any atom is -0.365 e. The summed E-state index contributed by atoms with van der Waals surface area (Å²) in [6, 6.07) is 11.1. The fourth-order valence-electron chi connectivity index (χ4n) is 1.41. The summed E-state index contributed by atoms with van der Waals surface area (Å²) in [5, 5.41) is 14.9. The summed E-state index contributed by atoms with van der Waals surface area (Å²) in [5.41, 5.74) is 0.837. The first-order valence-corrected chi connectivity index (χ1v) is 6.90. The van der Waals surface area contributed by atoms with E-state index in [4.69, 9.17) is 11.6 Å². The van der Waals surface area contributed by atoms with Crippen LogP contribution >= 0.6 is 38.9 Å². The molecule has 0 spiro atoms. The van der Waals surface area contributed by atoms with Gasteiger partial charge in [0.05, 0.1) is 10.9 Å². The topological polar surface area (TPSA) is 35.8 Å². The lowest BCUT2D eigenvalue weighted by molar-refractivity contribution is 1.02. The summed E-state index contributed by atoms with van der Waals surface area (Å²) in [5.74, 6) is 0. The zero-order chi connectivity index (χ0) is 12.3. The SMILES string of the molecule is N#CC(Nc1cccc(Cl)c1)c1sccc1Br. The Kier molecular flexibility index (Phi) is 4.06. The van der Waals surface area contributed by atoms with Crippen molar-refractivity contribution in [1.29, 1.82) is 5.26 Å². The maximum absolute atomic E-state index is 9.19. The average Bonchev–Trinajstić information content (AvgIpc) is 2.72. The van der Waals surface area contributed by atoms with E-state index in [1.807, 2.05) is 23.6 Å². The molecule has 5 heteroatoms. The Morgan fingerprint density at radius 1 is 1.41 bits per heavy atom. The summed E-state index contributed by atoms with van der Waals surface area (Å²) in [7, 11) is 0. The van der Waals surface area contributed by atoms with E-state index < -0.39 is 0 Å². The maximum Gasteiger partial charge on any atom is 0.150 e. The third-order valence-corrected chi connectivity index (χ3v) is 4.34. The number of hydrogen-bond acceptors (Lipinski definition) is 3. The molecule has 1 N–H and O–H groups in total. The molecule has 0 aliphatic rings. The highest BCUT2D eigenvalue weighted by Gasteiger charge is 2.15. The predicted octanol–water partition coefficient (Wildman–Crippen LogP) is 4.84. The minimum atomic E-state index is -0.372. The average molecular weight is 328 g/mol. The number of hydrogen-bond donors (Lipinski definition) is 1. The quantitative estimate of drug-likeness (QED) is 0.875. The Balaban J connectivity index is 2.23. The van der Waals surface area contributed by atoms with Crippen molar-refractivity contribution in [1.82, 2.24) is 0 Å². The summed E-state index contributed by atoms with van der Waals surface area (Å²) in [4.78, 5) is 0.965. The van der Waals surface area contributed by atoms with Gasteiger partial charge in [0.15, 0.2) is 6.04 Å². The molecule has 86 valence electrons. The summed E-state index contributed by atoms with van der Waals surface area (Å²) in [6.45, 7) is 0. The van der Waals surface area contributed by atoms with Gasteiger partial charge in [-0.05, 0) is 45.6 Å². The zero-order valence-corrected chi connectivity index (χ0v) is 11.8. The van der Waals surface area contributed by atoms with Crippen LogP contribution in [0.3, 0.4) is 0 Å². The van der Waals surface area contributed by atoms with E-state index in [1.54, 1.807) is 23.5 Å². The van der Waals surface area contributed by atoms with Crippen LogP contribution in [0.5, 0.6) is 0 Å². The molecular formula is C12H8BrClN2S. The third kappa shape index (κ3) is 3.01. The van der Waals surface area contributed by atoms with Crippen LogP contribution in [-0.2, 0) is 0 Å². The molecule has 0 amide bonds. The van der Waals surface area contributed by atoms with Gasteiger partial charge in [0.2, 0.25) is 0 Å². The van der Waals surface area contributed by atoms with Gasteiger partial charge in [0, 0.05) is 15.2 Å². The maximum atomic E-state index is 9.19. The number of halogens is 2. The largest absolute Gasteiger partial charge is 0.365 e. The van der Waals surface area contributed by atoms with Crippen LogP contribution in [0.4, 0.5) is 5.69 Å². The van der Waals surface area contributed by atoms with Crippen molar-refractivity contribution in [2.75, 3.05) is 5.32 Å². The number of nitriles is 1. The van der Waals surface area contributed by atoms with E-state index in [1.165, 1.54) is 0 Å². The van der Waals surface area contributed by atoms with E-state index in [2.05, 4.69) is 27.3 Å². The normalized spacial score (nSPS) is 11.8. The molecule has 2 aromatic rings. The second-order valence-electron chi connectivity index (χ2n) is 3.35. The van der Waals surface area contributed by atoms with Crippen molar-refractivity contribution in [3.8, 4) is 6.07 Å². The van der Waals surface area contributed by atoms with Crippen LogP contribution in [0.1, 0.15) is 10.9 Å². The minimum absolute atomic E-state index is 0.372. The van der Waals surface area contributed by atoms with Crippen LogP contribution in [-0.4, -0.2) is 0 Å². The molecule has 1 aromatic carbocycles. The Hall–Kier alpha value is -1.02. The van der Waals surface area contributed by atoms with Crippen LogP contribution < -0.4 is 5.32 Å². The zero-order valence-electron chi connectivity index (χ0n) is 8.65. The predicted molar refractivity (Wildman–Crippen MR) is 75.4 cm³/mol. The molecule has 1 heterocycles. The monoisotopic (exact) mass is 326 g/mol. The van der Waals surface area contributed by atoms with E-state index in [9.17, 15) is 5.26 Å². The summed E-state index contributed by atoms with van der Waals surface area (Å²) < 4.78 is 0.948. The van der Waals surface area contributed by atoms with Crippen molar-refractivity contribution >= 4 is 44.6 Å². The molecule has 0 radical (unpaired) electrons. The molecule has 2 rings (SSSR count). The van der Waals surface area contributed by atoms with Crippen LogP contribution in [0.15, 0.2) is 40.2 Å². The van der Waals surface area contributed by atoms with Crippen molar-refractivity contribution in [3.05, 3.63) is 50.1 Å². The molecule has 1 aromatic heterocycles. The number of nitrogens with one attached hydrogen (secondary N) is 1. The molecule has 2 nitrogen and oxygen atoms in total. The molecule has 0 saturated heterocycles. The van der Waals surface area contributed by atoms with Crippen LogP contribution in [0.2, 0.25) is 5.02 Å². The number of thiophene rings is 1. The fourth-order valence-corrected chi connectivity index (χ4v) is 3.20. The number of anilines is 1. The Bertz CT molecular complexity index is 562. The molecule has 1 atom stereocenters. The van der Waals surface area contributed by atoms with Gasteiger partial charge >= 0.3 is 0 Å². The second-order valence-corrected chi connectivity index (χ2v) is 5.59. The van der Waals surface area contributed by atoms with Crippen LogP contribution in [0, 0.1) is 11.3 Å². The smallest absolute Gasteiger partial charge is 0.150 e. The lowest BCUT2D eigenvalue weighted by Gasteiger charge is -2.12. The highest BCUT2D eigenvalue weighted by molar-refractivity contribution is 9.10. The number of nitrogens with zero attached hydrogens (tertiary/aromatic N) is 1. The van der Waals surface area contributed by atoms with Crippen molar-refractivity contribution in [3.63, 3.8) is 0 Å². The summed E-state index contributed by atoms with van der Waals surface area (Å²) in [6.07, 6.45) is 0. The van der Waals surface area contributed by atoms with Gasteiger partial charge in [-0.1, -0.05) is 17.7 Å². The highest BCUT2D eigenvalue weighted by Crippen LogP contribution is 2.31. The van der Waals surface area contributed by atoms with Crippen molar-refractivity contribution in [2.45, 2.75) is 6.04 Å². The molecule has 0 bridgehead atoms. The van der Waals surface area contributed by atoms with E-state index in [0.717, 1.165) is 15.0 Å². The van der Waals surface area contributed by atoms with Gasteiger partial charge in [-0.25, -0.2) is 0 Å². The molecule has 17 heavy (non-hydrogen) atoms. The second kappa shape index (κ2) is 5.54. The third-order valence-electron chi connectivity index (χ3n) is 2.17. The molecule has 0 saturated carbocycles. The van der Waals surface area contributed by atoms with Gasteiger partial charge in [0.1, 0.15) is 0 Å². The Labute approximate surface area is 117 Å². The van der Waals surface area contributed by atoms with Crippen molar-refractivity contribution in [2.24, 2.45) is 0 Å². The standard InChI is InChI=1S/C12H8BrClN2S/c13-10-4-5-17-12(10)11(7-15)16-9-3-1-2-8(14)6-9/h1-6,11,16H. The highest BCUT2D eigenvalue weighted by atomic mass is 79.9. The van der Waals surface area contributed by atoms with Gasteiger partial charge in [-0.2, -0.15) is 5.26 Å². The molecule has 0 aliphatic heterocycles. The van der Waals surface area contributed by atoms with Gasteiger partial charge in [-0.3, -0.25) is 0 Å². The lowest BCUT2D eigenvalue weighted by Crippen LogP contribution is -2.07. The van der Waals surface area contributed by atoms with Gasteiger partial charge in [0.25, 0.3) is 0 Å². The molecule has 1 unspecified atom stereocenters. The summed E-state index contributed by atoms with van der Waals surface area (Å²) >= 11 is 10.9. The van der Waals surface area contributed by atoms with E-state index in [-0.39, 0.29) is 6.04 Å². The van der Waals surface area contributed by atoms with Gasteiger partial charge in [-0.15, -0.1) is 11.3 Å². The Morgan fingerprint density at radius 2 is 2.24 bits per heavy atom. The number of rotatable bonds is 3. The number of benzene rings is 1. The molecule has 0 aliphatic carbocycles. The molecule has 0 fully saturated rings. The lowest BCUT2D eigenvalue weighted by atomic mass is 10.2. The van der Waals surface area contributed by atoms with E-state index >= 15 is 0 Å². The van der Waals surface area contributed by atoms with Crippen molar-refractivity contribution < 1.29 is 0 Å². The first-order chi connectivity index (χ1) is 8.20. The van der Waals surface area contributed by atoms with Crippen LogP contribution in [0.25, 0.3) is 0 Å². The first kappa shape index (κ1) is 12.4. The fraction of sp³-hybridized carbons (Fsp3) is 0.0833.